The van der Waals surface area contributed by atoms with Crippen LogP contribution in [0.2, 0.25) is 0 Å². The van der Waals surface area contributed by atoms with Crippen molar-refractivity contribution in [2.45, 2.75) is 60.9 Å². The molecule has 146 valence electrons. The molecule has 0 radical (unpaired) electrons. The van der Waals surface area contributed by atoms with Crippen LogP contribution in [0.25, 0.3) is 11.4 Å². The van der Waals surface area contributed by atoms with Crippen molar-refractivity contribution in [3.05, 3.63) is 29.7 Å². The summed E-state index contributed by atoms with van der Waals surface area (Å²) in [5.41, 5.74) is 2.58. The fraction of sp³-hybridized carbons (Fsp3) is 0.550. The molecule has 1 aromatic carbocycles. The third kappa shape index (κ3) is 5.66. The van der Waals surface area contributed by atoms with E-state index >= 15 is 0 Å². The second-order valence-corrected chi connectivity index (χ2v) is 5.39. The maximum Gasteiger partial charge on any atom is 0.244 e. The van der Waals surface area contributed by atoms with Gasteiger partial charge in [-0.15, -0.1) is 0 Å². The molecule has 6 nitrogen and oxygen atoms in total. The zero-order valence-corrected chi connectivity index (χ0v) is 16.2. The number of benzene rings is 1. The Morgan fingerprint density at radius 2 is 1.96 bits per heavy atom. The van der Waals surface area contributed by atoms with E-state index < -0.39 is 0 Å². The summed E-state index contributed by atoms with van der Waals surface area (Å²) < 4.78 is 5.41. The fourth-order valence-corrected chi connectivity index (χ4v) is 2.69. The molecule has 2 heterocycles. The van der Waals surface area contributed by atoms with Crippen LogP contribution in [-0.4, -0.2) is 35.0 Å². The average Bonchev–Trinajstić information content (AvgIpc) is 3.29. The van der Waals surface area contributed by atoms with E-state index in [9.17, 15) is 4.79 Å². The zero-order chi connectivity index (χ0) is 18.8. The zero-order valence-electron chi connectivity index (χ0n) is 16.2. The highest BCUT2D eigenvalue weighted by molar-refractivity contribution is 5.76. The SMILES string of the molecule is C.CC.CC.Cc1ccc(-c2noc(C3CCCN3C)n2)cc1NC=O. The molecule has 1 aliphatic rings. The molecule has 1 saturated heterocycles. The molecule has 0 aliphatic carbocycles. The summed E-state index contributed by atoms with van der Waals surface area (Å²) in [6.45, 7) is 11.0. The van der Waals surface area contributed by atoms with Gasteiger partial charge in [-0.3, -0.25) is 9.69 Å². The van der Waals surface area contributed by atoms with E-state index in [1.807, 2.05) is 52.8 Å². The first-order valence-corrected chi connectivity index (χ1v) is 9.04. The van der Waals surface area contributed by atoms with E-state index in [0.717, 1.165) is 36.2 Å². The van der Waals surface area contributed by atoms with Crippen molar-refractivity contribution in [1.82, 2.24) is 15.0 Å². The van der Waals surface area contributed by atoms with Gasteiger partial charge >= 0.3 is 0 Å². The first kappa shape index (κ1) is 23.8. The summed E-state index contributed by atoms with van der Waals surface area (Å²) >= 11 is 0. The lowest BCUT2D eigenvalue weighted by atomic mass is 10.1. The van der Waals surface area contributed by atoms with Crippen molar-refractivity contribution < 1.29 is 9.32 Å². The Kier molecular flexibility index (Phi) is 11.2. The summed E-state index contributed by atoms with van der Waals surface area (Å²) in [5.74, 6) is 1.22. The minimum atomic E-state index is 0. The van der Waals surface area contributed by atoms with E-state index in [1.165, 1.54) is 0 Å². The van der Waals surface area contributed by atoms with Crippen molar-refractivity contribution in [2.24, 2.45) is 0 Å². The maximum atomic E-state index is 10.6. The van der Waals surface area contributed by atoms with Crippen LogP contribution in [0, 0.1) is 6.92 Å². The molecule has 2 aromatic rings. The van der Waals surface area contributed by atoms with Gasteiger partial charge in [0.1, 0.15) is 0 Å². The Bertz CT molecular complexity index is 655. The Balaban J connectivity index is 0.00000117. The highest BCUT2D eigenvalue weighted by Gasteiger charge is 2.28. The monoisotopic (exact) mass is 362 g/mol. The molecular weight excluding hydrogens is 328 g/mol. The number of anilines is 1. The predicted octanol–water partition coefficient (Wildman–Crippen LogP) is 5.07. The predicted molar refractivity (Wildman–Crippen MR) is 108 cm³/mol. The molecule has 0 bridgehead atoms. The lowest BCUT2D eigenvalue weighted by molar-refractivity contribution is -0.105. The van der Waals surface area contributed by atoms with E-state index in [-0.39, 0.29) is 13.5 Å². The van der Waals surface area contributed by atoms with Crippen molar-refractivity contribution in [2.75, 3.05) is 18.9 Å². The number of rotatable bonds is 4. The van der Waals surface area contributed by atoms with E-state index in [1.54, 1.807) is 0 Å². The number of hydrogen-bond donors (Lipinski definition) is 1. The highest BCUT2D eigenvalue weighted by atomic mass is 16.5. The molecule has 6 heteroatoms. The van der Waals surface area contributed by atoms with Gasteiger partial charge in [0, 0.05) is 11.3 Å². The van der Waals surface area contributed by atoms with Crippen LogP contribution in [0.4, 0.5) is 5.69 Å². The van der Waals surface area contributed by atoms with Crippen LogP contribution >= 0.6 is 0 Å². The van der Waals surface area contributed by atoms with Crippen molar-refractivity contribution in [1.29, 1.82) is 0 Å². The number of aromatic nitrogens is 2. The topological polar surface area (TPSA) is 71.3 Å². The normalized spacial score (nSPS) is 15.7. The van der Waals surface area contributed by atoms with Crippen molar-refractivity contribution in [3.63, 3.8) is 0 Å². The Hall–Kier alpha value is -2.21. The molecular formula is C20H34N4O2. The van der Waals surface area contributed by atoms with Crippen LogP contribution in [0.3, 0.4) is 0 Å². The third-order valence-corrected chi connectivity index (χ3v) is 3.96. The molecule has 1 atom stereocenters. The molecule has 3 rings (SSSR count). The summed E-state index contributed by atoms with van der Waals surface area (Å²) in [6, 6.07) is 5.93. The molecule has 1 aromatic heterocycles. The molecule has 1 N–H and O–H groups in total. The number of hydrogen-bond acceptors (Lipinski definition) is 5. The van der Waals surface area contributed by atoms with Crippen LogP contribution in [0.5, 0.6) is 0 Å². The highest BCUT2D eigenvalue weighted by Crippen LogP contribution is 2.31. The fourth-order valence-electron chi connectivity index (χ4n) is 2.69. The van der Waals surface area contributed by atoms with E-state index in [4.69, 9.17) is 4.52 Å². The number of carbonyl (C=O) groups excluding carboxylic acids is 1. The minimum Gasteiger partial charge on any atom is -0.337 e. The Morgan fingerprint density at radius 1 is 1.27 bits per heavy atom. The molecule has 1 amide bonds. The summed E-state index contributed by atoms with van der Waals surface area (Å²) in [4.78, 5) is 17.4. The van der Waals surface area contributed by atoms with Gasteiger partial charge in [0.05, 0.1) is 6.04 Å². The van der Waals surface area contributed by atoms with E-state index in [0.29, 0.717) is 18.1 Å². The van der Waals surface area contributed by atoms with Gasteiger partial charge in [-0.1, -0.05) is 52.4 Å². The average molecular weight is 363 g/mol. The summed E-state index contributed by atoms with van der Waals surface area (Å²) in [6.07, 6.45) is 2.86. The molecule has 0 spiro atoms. The largest absolute Gasteiger partial charge is 0.337 e. The second kappa shape index (κ2) is 12.2. The van der Waals surface area contributed by atoms with Gasteiger partial charge in [-0.25, -0.2) is 0 Å². The molecule has 1 fully saturated rings. The first-order chi connectivity index (χ1) is 12.2. The summed E-state index contributed by atoms with van der Waals surface area (Å²) in [7, 11) is 2.07. The molecule has 1 unspecified atom stereocenters. The lowest BCUT2D eigenvalue weighted by Crippen LogP contribution is -2.17. The van der Waals surface area contributed by atoms with Crippen LogP contribution in [-0.2, 0) is 4.79 Å². The number of aryl methyl sites for hydroxylation is 1. The van der Waals surface area contributed by atoms with Gasteiger partial charge < -0.3 is 9.84 Å². The molecule has 0 saturated carbocycles. The minimum absolute atomic E-state index is 0. The van der Waals surface area contributed by atoms with Crippen LogP contribution in [0.1, 0.15) is 65.5 Å². The quantitative estimate of drug-likeness (QED) is 0.769. The Morgan fingerprint density at radius 3 is 2.54 bits per heavy atom. The van der Waals surface area contributed by atoms with Crippen molar-refractivity contribution >= 4 is 12.1 Å². The maximum absolute atomic E-state index is 10.6. The smallest absolute Gasteiger partial charge is 0.244 e. The van der Waals surface area contributed by atoms with Gasteiger partial charge in [0.2, 0.25) is 18.1 Å². The second-order valence-electron chi connectivity index (χ2n) is 5.39. The Labute approximate surface area is 158 Å². The number of likely N-dealkylation sites (tertiary alicyclic amines) is 1. The van der Waals surface area contributed by atoms with E-state index in [2.05, 4.69) is 27.4 Å². The van der Waals surface area contributed by atoms with Crippen LogP contribution < -0.4 is 5.32 Å². The third-order valence-electron chi connectivity index (χ3n) is 3.96. The lowest BCUT2D eigenvalue weighted by Gasteiger charge is -2.14. The van der Waals surface area contributed by atoms with Crippen molar-refractivity contribution in [3.8, 4) is 11.4 Å². The van der Waals surface area contributed by atoms with Gasteiger partial charge in [0.25, 0.3) is 0 Å². The number of nitrogens with zero attached hydrogens (tertiary/aromatic N) is 3. The molecule has 1 aliphatic heterocycles. The van der Waals surface area contributed by atoms with Gasteiger partial charge in [-0.05, 0) is 45.0 Å². The van der Waals surface area contributed by atoms with Gasteiger partial charge in [0.15, 0.2) is 0 Å². The van der Waals surface area contributed by atoms with Gasteiger partial charge in [-0.2, -0.15) is 4.98 Å². The number of carbonyl (C=O) groups is 1. The standard InChI is InChI=1S/C15H18N4O2.2C2H6.CH4/c1-10-5-6-11(8-12(10)16-9-20)14-17-15(21-18-14)13-4-3-7-19(13)2;2*1-2;/h5-6,8-9,13H,3-4,7H2,1-2H3,(H,16,20);2*1-2H3;1H4. The van der Waals surface area contributed by atoms with Crippen LogP contribution in [0.15, 0.2) is 22.7 Å². The number of nitrogens with one attached hydrogen (secondary N) is 1. The number of amides is 1. The molecule has 26 heavy (non-hydrogen) atoms. The first-order valence-electron chi connectivity index (χ1n) is 9.04. The summed E-state index contributed by atoms with van der Waals surface area (Å²) in [5, 5.41) is 6.75.